The van der Waals surface area contributed by atoms with E-state index in [-0.39, 0.29) is 5.69 Å². The molecule has 8 nitrogen and oxygen atoms in total. The molecule has 13 heteroatoms. The lowest BCUT2D eigenvalue weighted by atomic mass is 9.88. The monoisotopic (exact) mass is 551 g/mol. The van der Waals surface area contributed by atoms with E-state index in [1.54, 1.807) is 18.2 Å². The first kappa shape index (κ1) is 27.8. The Morgan fingerprint density at radius 2 is 1.72 bits per heavy atom. The van der Waals surface area contributed by atoms with Crippen molar-refractivity contribution < 1.29 is 46.5 Å². The summed E-state index contributed by atoms with van der Waals surface area (Å²) in [5.41, 5.74) is -6.18. The van der Waals surface area contributed by atoms with Crippen molar-refractivity contribution in [3.05, 3.63) is 84.0 Å². The summed E-state index contributed by atoms with van der Waals surface area (Å²) in [6.45, 7) is 1.96. The van der Waals surface area contributed by atoms with Gasteiger partial charge in [-0.2, -0.15) is 13.2 Å². The van der Waals surface area contributed by atoms with Crippen LogP contribution in [0.15, 0.2) is 72.6 Å². The van der Waals surface area contributed by atoms with Gasteiger partial charge in [0.25, 0.3) is 5.91 Å². The highest BCUT2D eigenvalue weighted by Crippen LogP contribution is 2.40. The molecule has 1 fully saturated rings. The number of carbonyl (C=O) groups excluding carboxylic acids is 2. The minimum Gasteiger partial charge on any atom is -0.481 e. The number of halogens is 5. The molecule has 1 aliphatic heterocycles. The van der Waals surface area contributed by atoms with Gasteiger partial charge in [-0.25, -0.2) is 18.5 Å². The van der Waals surface area contributed by atoms with Crippen molar-refractivity contribution in [1.82, 2.24) is 4.90 Å². The molecule has 2 unspecified atom stereocenters. The van der Waals surface area contributed by atoms with Gasteiger partial charge in [-0.15, -0.1) is 0 Å². The summed E-state index contributed by atoms with van der Waals surface area (Å²) in [5, 5.41) is 21.4. The van der Waals surface area contributed by atoms with E-state index in [2.05, 4.69) is 0 Å². The Kier molecular flexibility index (Phi) is 6.75. The Hall–Kier alpha value is -4.26. The summed E-state index contributed by atoms with van der Waals surface area (Å²) < 4.78 is 67.8. The second-order valence-electron chi connectivity index (χ2n) is 9.46. The molecule has 2 aliphatic rings. The average Bonchev–Trinajstić information content (AvgIpc) is 3.02. The van der Waals surface area contributed by atoms with Crippen molar-refractivity contribution in [2.75, 3.05) is 16.5 Å². The highest BCUT2D eigenvalue weighted by Gasteiger charge is 2.55. The Labute approximate surface area is 218 Å². The van der Waals surface area contributed by atoms with Gasteiger partial charge >= 0.3 is 18.2 Å². The molecule has 2 atom stereocenters. The Morgan fingerprint density at radius 1 is 1.08 bits per heavy atom. The number of anilines is 2. The van der Waals surface area contributed by atoms with Crippen LogP contribution in [0.3, 0.4) is 0 Å². The molecule has 2 aromatic carbocycles. The fraction of sp³-hybridized carbons (Fsp3) is 0.269. The molecule has 2 N–H and O–H groups in total. The molecule has 1 heterocycles. The highest BCUT2D eigenvalue weighted by atomic mass is 19.4. The van der Waals surface area contributed by atoms with Gasteiger partial charge in [-0.05, 0) is 62.4 Å². The normalized spacial score (nSPS) is 22.8. The van der Waals surface area contributed by atoms with Gasteiger partial charge in [-0.1, -0.05) is 18.2 Å². The smallest absolute Gasteiger partial charge is 0.419 e. The average molecular weight is 551 g/mol. The lowest BCUT2D eigenvalue weighted by Gasteiger charge is -2.45. The van der Waals surface area contributed by atoms with E-state index in [1.807, 2.05) is 0 Å². The number of carboxylic acids is 1. The van der Waals surface area contributed by atoms with Crippen molar-refractivity contribution in [3.63, 3.8) is 0 Å². The zero-order chi connectivity index (χ0) is 28.9. The number of nitrogens with zero attached hydrogens (tertiary/aromatic N) is 3. The van der Waals surface area contributed by atoms with Crippen molar-refractivity contribution >= 4 is 29.3 Å². The van der Waals surface area contributed by atoms with E-state index in [9.17, 15) is 46.5 Å². The molecule has 1 aliphatic carbocycles. The van der Waals surface area contributed by atoms with Crippen molar-refractivity contribution in [2.24, 2.45) is 5.92 Å². The largest absolute Gasteiger partial charge is 0.481 e. The van der Waals surface area contributed by atoms with Crippen molar-refractivity contribution in [2.45, 2.75) is 31.3 Å². The van der Waals surface area contributed by atoms with Gasteiger partial charge in [0.1, 0.15) is 23.1 Å². The van der Waals surface area contributed by atoms with Gasteiger partial charge < -0.3 is 15.1 Å². The topological polar surface area (TPSA) is 101 Å². The molecule has 1 saturated heterocycles. The number of aliphatic carboxylic acids is 1. The Balaban J connectivity index is 1.79. The number of urea groups is 1. The molecule has 2 aromatic rings. The maximum atomic E-state index is 14.0. The summed E-state index contributed by atoms with van der Waals surface area (Å²) in [4.78, 5) is 41.3. The zero-order valence-electron chi connectivity index (χ0n) is 20.5. The minimum absolute atomic E-state index is 0.183. The fourth-order valence-corrected chi connectivity index (χ4v) is 4.48. The molecular weight excluding hydrogens is 529 g/mol. The van der Waals surface area contributed by atoms with Gasteiger partial charge in [0.05, 0.1) is 17.9 Å². The number of benzene rings is 2. The van der Waals surface area contributed by atoms with Crippen LogP contribution in [0.5, 0.6) is 0 Å². The second kappa shape index (κ2) is 9.49. The first-order valence-electron chi connectivity index (χ1n) is 11.5. The molecule has 0 radical (unpaired) electrons. The van der Waals surface area contributed by atoms with Gasteiger partial charge in [0, 0.05) is 5.69 Å². The first-order chi connectivity index (χ1) is 18.1. The van der Waals surface area contributed by atoms with E-state index in [0.717, 1.165) is 28.0 Å². The van der Waals surface area contributed by atoms with Crippen LogP contribution in [0.25, 0.3) is 0 Å². The number of alkyl halides is 3. The first-order valence-corrected chi connectivity index (χ1v) is 11.5. The maximum Gasteiger partial charge on any atom is 0.419 e. The summed E-state index contributed by atoms with van der Waals surface area (Å²) in [6, 6.07) is 8.24. The van der Waals surface area contributed by atoms with Crippen LogP contribution >= 0.6 is 0 Å². The van der Waals surface area contributed by atoms with Crippen LogP contribution in [0.2, 0.25) is 0 Å². The van der Waals surface area contributed by atoms with E-state index >= 15 is 0 Å². The number of hydrogen-bond donors (Lipinski definition) is 2. The van der Waals surface area contributed by atoms with Crippen LogP contribution in [0, 0.1) is 11.7 Å². The lowest BCUT2D eigenvalue weighted by molar-refractivity contribution is -0.146. The number of carbonyl (C=O) groups is 3. The fourth-order valence-electron chi connectivity index (χ4n) is 4.48. The molecule has 3 amide bonds. The number of rotatable bonds is 6. The number of hydrogen-bond acceptors (Lipinski definition) is 5. The molecule has 4 rings (SSSR count). The van der Waals surface area contributed by atoms with Crippen molar-refractivity contribution in [3.8, 4) is 0 Å². The molecular formula is C26H22F5N3O5. The van der Waals surface area contributed by atoms with E-state index in [0.29, 0.717) is 23.1 Å². The van der Waals surface area contributed by atoms with Crippen LogP contribution in [-0.2, 0) is 15.8 Å². The SMILES string of the molecule is CC1(C)C(=O)N(c2ccc(F)c(C(F)(F)F)c2)C(=O)N1CN(c1ccccc1)C1(O)C=CC(F)=CC1C(=O)O. The molecule has 0 bridgehead atoms. The minimum atomic E-state index is -5.10. The quantitative estimate of drug-likeness (QED) is 0.308. The predicted octanol–water partition coefficient (Wildman–Crippen LogP) is 4.67. The number of para-hydroxylation sites is 1. The third kappa shape index (κ3) is 4.73. The summed E-state index contributed by atoms with van der Waals surface area (Å²) >= 11 is 0. The standard InChI is InChI=1S/C26H22F5N3O5/c1-24(2)22(37)34(17-8-9-20(28)18(13-17)26(29,30)31)23(38)33(24)14-32(16-6-4-3-5-7-16)25(39)11-10-15(27)12-19(25)21(35)36/h3-13,19,39H,14H2,1-2H3,(H,35,36). The summed E-state index contributed by atoms with van der Waals surface area (Å²) in [5.74, 6) is -6.90. The molecule has 206 valence electrons. The Bertz CT molecular complexity index is 1390. The molecule has 0 aromatic heterocycles. The number of carboxylic acid groups (broad SMARTS) is 1. The zero-order valence-corrected chi connectivity index (χ0v) is 20.5. The lowest BCUT2D eigenvalue weighted by Crippen LogP contribution is -2.61. The summed E-state index contributed by atoms with van der Waals surface area (Å²) in [7, 11) is 0. The second-order valence-corrected chi connectivity index (χ2v) is 9.46. The van der Waals surface area contributed by atoms with Gasteiger partial charge in [-0.3, -0.25) is 14.5 Å². The molecule has 39 heavy (non-hydrogen) atoms. The van der Waals surface area contributed by atoms with Gasteiger partial charge in [0.15, 0.2) is 5.72 Å². The van der Waals surface area contributed by atoms with E-state index < -0.39 is 70.8 Å². The third-order valence-electron chi connectivity index (χ3n) is 6.66. The van der Waals surface area contributed by atoms with Gasteiger partial charge in [0.2, 0.25) is 0 Å². The Morgan fingerprint density at radius 3 is 2.31 bits per heavy atom. The van der Waals surface area contributed by atoms with Crippen LogP contribution in [0.4, 0.5) is 38.1 Å². The van der Waals surface area contributed by atoms with Crippen LogP contribution < -0.4 is 9.80 Å². The van der Waals surface area contributed by atoms with E-state index in [4.69, 9.17) is 0 Å². The van der Waals surface area contributed by atoms with E-state index in [1.165, 1.54) is 26.0 Å². The van der Waals surface area contributed by atoms with Crippen LogP contribution in [0.1, 0.15) is 19.4 Å². The molecule has 0 spiro atoms. The van der Waals surface area contributed by atoms with Crippen LogP contribution in [-0.4, -0.2) is 51.0 Å². The van der Waals surface area contributed by atoms with Crippen molar-refractivity contribution in [1.29, 1.82) is 0 Å². The number of allylic oxidation sites excluding steroid dienone is 2. The third-order valence-corrected chi connectivity index (χ3v) is 6.66. The highest BCUT2D eigenvalue weighted by molar-refractivity contribution is 6.23. The number of imide groups is 1. The number of amides is 3. The number of aliphatic hydroxyl groups is 1. The predicted molar refractivity (Wildman–Crippen MR) is 128 cm³/mol. The summed E-state index contributed by atoms with van der Waals surface area (Å²) in [6.07, 6.45) is -2.67. The maximum absolute atomic E-state index is 14.0. The molecule has 0 saturated carbocycles.